The van der Waals surface area contributed by atoms with E-state index in [0.717, 1.165) is 10.6 Å². The number of hydrogen-bond acceptors (Lipinski definition) is 5. The van der Waals surface area contributed by atoms with Gasteiger partial charge < -0.3 is 16.2 Å². The van der Waals surface area contributed by atoms with E-state index in [4.69, 9.17) is 10.8 Å². The number of rotatable bonds is 7. The fraction of sp³-hybridized carbons (Fsp3) is 0.200. The molecule has 1 atom stereocenters. The van der Waals surface area contributed by atoms with Crippen LogP contribution >= 0.6 is 11.3 Å². The molecule has 7 nitrogen and oxygen atoms in total. The second-order valence-electron chi connectivity index (χ2n) is 4.78. The number of nitrogens with zero attached hydrogens (tertiary/aromatic N) is 1. The fourth-order valence-electron chi connectivity index (χ4n) is 1.92. The van der Waals surface area contributed by atoms with Crippen molar-refractivity contribution in [1.82, 2.24) is 10.3 Å². The first kappa shape index (κ1) is 16.6. The average molecular weight is 333 g/mol. The van der Waals surface area contributed by atoms with Gasteiger partial charge in [-0.1, -0.05) is 12.1 Å². The van der Waals surface area contributed by atoms with Crippen LogP contribution in [0, 0.1) is 0 Å². The first-order chi connectivity index (χ1) is 11.0. The second-order valence-corrected chi connectivity index (χ2v) is 5.68. The molecule has 4 N–H and O–H groups in total. The van der Waals surface area contributed by atoms with Gasteiger partial charge in [0.05, 0.1) is 0 Å². The second kappa shape index (κ2) is 7.50. The third kappa shape index (κ3) is 4.62. The molecule has 2 rings (SSSR count). The van der Waals surface area contributed by atoms with Crippen molar-refractivity contribution in [3.8, 4) is 10.6 Å². The van der Waals surface area contributed by atoms with Crippen molar-refractivity contribution < 1.29 is 19.5 Å². The summed E-state index contributed by atoms with van der Waals surface area (Å²) in [4.78, 5) is 38.1. The lowest BCUT2D eigenvalue weighted by molar-refractivity contribution is -0.139. The maximum Gasteiger partial charge on any atom is 0.326 e. The van der Waals surface area contributed by atoms with Gasteiger partial charge in [-0.05, 0) is 18.6 Å². The lowest BCUT2D eigenvalue weighted by atomic mass is 10.1. The highest BCUT2D eigenvalue weighted by Gasteiger charge is 2.21. The van der Waals surface area contributed by atoms with Crippen molar-refractivity contribution >= 4 is 29.1 Å². The number of carboxylic acid groups (broad SMARTS) is 1. The first-order valence-corrected chi connectivity index (χ1v) is 7.67. The molecule has 0 aliphatic carbocycles. The van der Waals surface area contributed by atoms with Gasteiger partial charge in [0, 0.05) is 29.1 Å². The Morgan fingerprint density at radius 2 is 1.96 bits per heavy atom. The quantitative estimate of drug-likeness (QED) is 0.704. The van der Waals surface area contributed by atoms with E-state index in [9.17, 15) is 14.4 Å². The van der Waals surface area contributed by atoms with Gasteiger partial charge in [0.25, 0.3) is 5.91 Å². The van der Waals surface area contributed by atoms with Crippen LogP contribution in [-0.2, 0) is 9.59 Å². The number of carbonyl (C=O) groups excluding carboxylic acids is 2. The van der Waals surface area contributed by atoms with Crippen LogP contribution in [0.5, 0.6) is 0 Å². The van der Waals surface area contributed by atoms with Crippen molar-refractivity contribution in [3.63, 3.8) is 0 Å². The number of nitrogens with two attached hydrogens (primary N) is 1. The normalized spacial score (nSPS) is 11.7. The van der Waals surface area contributed by atoms with Crippen LogP contribution in [0.15, 0.2) is 35.8 Å². The Morgan fingerprint density at radius 3 is 2.48 bits per heavy atom. The van der Waals surface area contributed by atoms with E-state index in [1.54, 1.807) is 30.5 Å². The Kier molecular flexibility index (Phi) is 5.42. The van der Waals surface area contributed by atoms with E-state index in [1.165, 1.54) is 11.3 Å². The SMILES string of the molecule is NC(=O)CC[C@H](NC(=O)c1ccc(-c2nccs2)cc1)C(=O)O. The molecule has 0 aliphatic rings. The minimum absolute atomic E-state index is 0.0480. The van der Waals surface area contributed by atoms with Crippen LogP contribution in [0.4, 0.5) is 0 Å². The van der Waals surface area contributed by atoms with E-state index in [0.29, 0.717) is 5.56 Å². The zero-order valence-corrected chi connectivity index (χ0v) is 12.9. The number of aromatic nitrogens is 1. The number of amides is 2. The van der Waals surface area contributed by atoms with Crippen LogP contribution in [-0.4, -0.2) is 33.9 Å². The molecule has 1 heterocycles. The van der Waals surface area contributed by atoms with E-state index >= 15 is 0 Å². The summed E-state index contributed by atoms with van der Waals surface area (Å²) in [5.41, 5.74) is 6.20. The van der Waals surface area contributed by atoms with Crippen LogP contribution in [0.1, 0.15) is 23.2 Å². The average Bonchev–Trinajstić information content (AvgIpc) is 3.05. The number of aliphatic carboxylic acids is 1. The molecule has 0 fully saturated rings. The molecule has 0 unspecified atom stereocenters. The van der Waals surface area contributed by atoms with Crippen molar-refractivity contribution in [2.45, 2.75) is 18.9 Å². The highest BCUT2D eigenvalue weighted by atomic mass is 32.1. The lowest BCUT2D eigenvalue weighted by Gasteiger charge is -2.13. The molecule has 120 valence electrons. The minimum atomic E-state index is -1.21. The van der Waals surface area contributed by atoms with Crippen molar-refractivity contribution in [3.05, 3.63) is 41.4 Å². The van der Waals surface area contributed by atoms with Crippen molar-refractivity contribution in [2.75, 3.05) is 0 Å². The Morgan fingerprint density at radius 1 is 1.26 bits per heavy atom. The number of thiazole rings is 1. The van der Waals surface area contributed by atoms with E-state index in [2.05, 4.69) is 10.3 Å². The van der Waals surface area contributed by atoms with Gasteiger partial charge in [-0.25, -0.2) is 9.78 Å². The van der Waals surface area contributed by atoms with Crippen molar-refractivity contribution in [2.24, 2.45) is 5.73 Å². The Labute approximate surface area is 136 Å². The number of nitrogens with one attached hydrogen (secondary N) is 1. The third-order valence-electron chi connectivity index (χ3n) is 3.11. The molecule has 8 heteroatoms. The molecular weight excluding hydrogens is 318 g/mol. The number of hydrogen-bond donors (Lipinski definition) is 3. The standard InChI is InChI=1S/C15H15N3O4S/c16-12(19)6-5-11(15(21)22)18-13(20)9-1-3-10(4-2-9)14-17-7-8-23-14/h1-4,7-8,11H,5-6H2,(H2,16,19)(H,18,20)(H,21,22)/t11-/m0/s1. The van der Waals surface area contributed by atoms with Crippen LogP contribution in [0.3, 0.4) is 0 Å². The number of carboxylic acids is 1. The van der Waals surface area contributed by atoms with Gasteiger partial charge in [0.1, 0.15) is 11.0 Å². The smallest absolute Gasteiger partial charge is 0.326 e. The molecule has 0 radical (unpaired) electrons. The Hall–Kier alpha value is -2.74. The zero-order valence-electron chi connectivity index (χ0n) is 12.1. The summed E-state index contributed by atoms with van der Waals surface area (Å²) >= 11 is 1.48. The van der Waals surface area contributed by atoms with Crippen LogP contribution in [0.2, 0.25) is 0 Å². The van der Waals surface area contributed by atoms with Crippen LogP contribution in [0.25, 0.3) is 10.6 Å². The molecule has 23 heavy (non-hydrogen) atoms. The van der Waals surface area contributed by atoms with Crippen molar-refractivity contribution in [1.29, 1.82) is 0 Å². The molecule has 0 bridgehead atoms. The third-order valence-corrected chi connectivity index (χ3v) is 3.93. The van der Waals surface area contributed by atoms with Gasteiger partial charge in [-0.3, -0.25) is 9.59 Å². The molecular formula is C15H15N3O4S. The Bertz CT molecular complexity index is 698. The molecule has 0 saturated carbocycles. The van der Waals surface area contributed by atoms with Gasteiger partial charge in [0.2, 0.25) is 5.91 Å². The summed E-state index contributed by atoms with van der Waals surface area (Å²) in [6.07, 6.45) is 1.53. The van der Waals surface area contributed by atoms with Gasteiger partial charge in [-0.15, -0.1) is 11.3 Å². The van der Waals surface area contributed by atoms with Crippen LogP contribution < -0.4 is 11.1 Å². The molecule has 0 spiro atoms. The summed E-state index contributed by atoms with van der Waals surface area (Å²) in [5, 5.41) is 14.1. The molecule has 0 aliphatic heterocycles. The fourth-order valence-corrected chi connectivity index (χ4v) is 2.56. The van der Waals surface area contributed by atoms with E-state index in [-0.39, 0.29) is 12.8 Å². The summed E-state index contributed by atoms with van der Waals surface area (Å²) in [6.45, 7) is 0. The lowest BCUT2D eigenvalue weighted by Crippen LogP contribution is -2.41. The topological polar surface area (TPSA) is 122 Å². The van der Waals surface area contributed by atoms with Gasteiger partial charge in [-0.2, -0.15) is 0 Å². The first-order valence-electron chi connectivity index (χ1n) is 6.79. The van der Waals surface area contributed by atoms with E-state index in [1.807, 2.05) is 5.38 Å². The molecule has 2 amide bonds. The largest absolute Gasteiger partial charge is 0.480 e. The highest BCUT2D eigenvalue weighted by Crippen LogP contribution is 2.21. The number of carbonyl (C=O) groups is 3. The summed E-state index contributed by atoms with van der Waals surface area (Å²) < 4.78 is 0. The summed E-state index contributed by atoms with van der Waals surface area (Å²) in [5.74, 6) is -2.34. The Balaban J connectivity index is 2.04. The van der Waals surface area contributed by atoms with Gasteiger partial charge in [0.15, 0.2) is 0 Å². The molecule has 1 aromatic carbocycles. The number of benzene rings is 1. The summed E-state index contributed by atoms with van der Waals surface area (Å²) in [6, 6.07) is 5.52. The maximum absolute atomic E-state index is 12.1. The maximum atomic E-state index is 12.1. The van der Waals surface area contributed by atoms with Gasteiger partial charge >= 0.3 is 5.97 Å². The number of primary amides is 1. The predicted molar refractivity (Wildman–Crippen MR) is 84.9 cm³/mol. The molecule has 1 aromatic heterocycles. The zero-order chi connectivity index (χ0) is 16.8. The van der Waals surface area contributed by atoms with E-state index < -0.39 is 23.8 Å². The molecule has 2 aromatic rings. The summed E-state index contributed by atoms with van der Waals surface area (Å²) in [7, 11) is 0. The predicted octanol–water partition coefficient (Wildman–Crippen LogP) is 1.26. The highest BCUT2D eigenvalue weighted by molar-refractivity contribution is 7.13. The monoisotopic (exact) mass is 333 g/mol. The minimum Gasteiger partial charge on any atom is -0.480 e. The molecule has 0 saturated heterocycles.